The SMILES string of the molecule is Cc1ccc(OCCNC(=O)C(C)Sc2ccc(Cl)cc2)cc1C. The second-order valence-corrected chi connectivity index (χ2v) is 7.45. The molecule has 3 nitrogen and oxygen atoms in total. The van der Waals surface area contributed by atoms with E-state index in [0.29, 0.717) is 18.2 Å². The molecule has 24 heavy (non-hydrogen) atoms. The maximum Gasteiger partial charge on any atom is 0.233 e. The molecule has 0 aliphatic rings. The van der Waals surface area contributed by atoms with Crippen molar-refractivity contribution in [3.05, 3.63) is 58.6 Å². The Morgan fingerprint density at radius 2 is 1.88 bits per heavy atom. The molecule has 0 bridgehead atoms. The van der Waals surface area contributed by atoms with E-state index in [4.69, 9.17) is 16.3 Å². The van der Waals surface area contributed by atoms with Crippen LogP contribution in [0.5, 0.6) is 5.75 Å². The zero-order chi connectivity index (χ0) is 17.5. The van der Waals surface area contributed by atoms with Crippen molar-refractivity contribution in [1.29, 1.82) is 0 Å². The second kappa shape index (κ2) is 9.00. The highest BCUT2D eigenvalue weighted by molar-refractivity contribution is 8.00. The standard InChI is InChI=1S/C19H22ClNO2S/c1-13-4-7-17(12-14(13)2)23-11-10-21-19(22)15(3)24-18-8-5-16(20)6-9-18/h4-9,12,15H,10-11H2,1-3H3,(H,21,22). The summed E-state index contributed by atoms with van der Waals surface area (Å²) < 4.78 is 5.67. The molecule has 2 aromatic rings. The van der Waals surface area contributed by atoms with Gasteiger partial charge in [0, 0.05) is 9.92 Å². The fourth-order valence-electron chi connectivity index (χ4n) is 2.06. The van der Waals surface area contributed by atoms with Crippen LogP contribution in [0, 0.1) is 13.8 Å². The van der Waals surface area contributed by atoms with E-state index in [1.165, 1.54) is 22.9 Å². The second-order valence-electron chi connectivity index (χ2n) is 5.60. The van der Waals surface area contributed by atoms with Crippen LogP contribution in [0.25, 0.3) is 0 Å². The van der Waals surface area contributed by atoms with E-state index in [1.807, 2.05) is 49.4 Å². The molecule has 1 amide bonds. The molecule has 1 N–H and O–H groups in total. The Labute approximate surface area is 152 Å². The van der Waals surface area contributed by atoms with Crippen LogP contribution in [-0.2, 0) is 4.79 Å². The number of rotatable bonds is 7. The molecular formula is C19H22ClNO2S. The average molecular weight is 364 g/mol. The monoisotopic (exact) mass is 363 g/mol. The normalized spacial score (nSPS) is 11.8. The van der Waals surface area contributed by atoms with Gasteiger partial charge in [-0.05, 0) is 68.3 Å². The van der Waals surface area contributed by atoms with Crippen LogP contribution in [0.4, 0.5) is 0 Å². The molecule has 5 heteroatoms. The van der Waals surface area contributed by atoms with Crippen molar-refractivity contribution >= 4 is 29.3 Å². The Balaban J connectivity index is 1.72. The predicted molar refractivity (Wildman–Crippen MR) is 101 cm³/mol. The van der Waals surface area contributed by atoms with Gasteiger partial charge < -0.3 is 10.1 Å². The summed E-state index contributed by atoms with van der Waals surface area (Å²) in [5.74, 6) is 0.828. The molecule has 1 atom stereocenters. The number of nitrogens with one attached hydrogen (secondary N) is 1. The van der Waals surface area contributed by atoms with Crippen molar-refractivity contribution in [3.63, 3.8) is 0 Å². The van der Waals surface area contributed by atoms with Crippen molar-refractivity contribution < 1.29 is 9.53 Å². The van der Waals surface area contributed by atoms with E-state index in [0.717, 1.165) is 10.6 Å². The lowest BCUT2D eigenvalue weighted by Crippen LogP contribution is -2.33. The van der Waals surface area contributed by atoms with Gasteiger partial charge in [0.1, 0.15) is 12.4 Å². The van der Waals surface area contributed by atoms with Gasteiger partial charge in [0.25, 0.3) is 0 Å². The van der Waals surface area contributed by atoms with Gasteiger partial charge in [-0.15, -0.1) is 11.8 Å². The first-order chi connectivity index (χ1) is 11.5. The summed E-state index contributed by atoms with van der Waals surface area (Å²) in [6.07, 6.45) is 0. The highest BCUT2D eigenvalue weighted by Crippen LogP contribution is 2.24. The third kappa shape index (κ3) is 5.77. The Bertz CT molecular complexity index is 688. The minimum atomic E-state index is -0.173. The summed E-state index contributed by atoms with van der Waals surface area (Å²) in [6.45, 7) is 6.95. The van der Waals surface area contributed by atoms with Crippen molar-refractivity contribution in [3.8, 4) is 5.75 Å². The molecule has 2 aromatic carbocycles. The molecule has 0 radical (unpaired) electrons. The van der Waals surface area contributed by atoms with E-state index >= 15 is 0 Å². The summed E-state index contributed by atoms with van der Waals surface area (Å²) in [6, 6.07) is 13.5. The first-order valence-electron chi connectivity index (χ1n) is 7.85. The van der Waals surface area contributed by atoms with Crippen molar-refractivity contribution in [2.24, 2.45) is 0 Å². The molecule has 0 aliphatic carbocycles. The van der Waals surface area contributed by atoms with Gasteiger partial charge in [0.2, 0.25) is 5.91 Å². The first kappa shape index (κ1) is 18.7. The topological polar surface area (TPSA) is 38.3 Å². The number of aryl methyl sites for hydroxylation is 2. The van der Waals surface area contributed by atoms with Gasteiger partial charge in [-0.25, -0.2) is 0 Å². The number of carbonyl (C=O) groups excluding carboxylic acids is 1. The molecule has 0 heterocycles. The van der Waals surface area contributed by atoms with E-state index in [-0.39, 0.29) is 11.2 Å². The van der Waals surface area contributed by atoms with Crippen LogP contribution in [0.2, 0.25) is 5.02 Å². The Morgan fingerprint density at radius 1 is 1.17 bits per heavy atom. The van der Waals surface area contributed by atoms with Gasteiger partial charge in [-0.1, -0.05) is 17.7 Å². The number of amides is 1. The zero-order valence-electron chi connectivity index (χ0n) is 14.1. The zero-order valence-corrected chi connectivity index (χ0v) is 15.7. The Kier molecular flexibility index (Phi) is 7.00. The number of benzene rings is 2. The highest BCUT2D eigenvalue weighted by Gasteiger charge is 2.13. The van der Waals surface area contributed by atoms with Gasteiger partial charge >= 0.3 is 0 Å². The molecule has 2 rings (SSSR count). The van der Waals surface area contributed by atoms with Gasteiger partial charge in [0.15, 0.2) is 0 Å². The molecule has 0 aliphatic heterocycles. The molecule has 0 saturated heterocycles. The van der Waals surface area contributed by atoms with Crippen LogP contribution in [-0.4, -0.2) is 24.3 Å². The van der Waals surface area contributed by atoms with Gasteiger partial charge in [-0.3, -0.25) is 4.79 Å². The quantitative estimate of drug-likeness (QED) is 0.575. The predicted octanol–water partition coefficient (Wildman–Crippen LogP) is 4.63. The summed E-state index contributed by atoms with van der Waals surface area (Å²) in [4.78, 5) is 13.1. The lowest BCUT2D eigenvalue weighted by Gasteiger charge is -2.13. The van der Waals surface area contributed by atoms with Crippen LogP contribution >= 0.6 is 23.4 Å². The molecule has 1 unspecified atom stereocenters. The number of hydrogen-bond donors (Lipinski definition) is 1. The fraction of sp³-hybridized carbons (Fsp3) is 0.316. The third-order valence-electron chi connectivity index (χ3n) is 3.64. The van der Waals surface area contributed by atoms with Crippen LogP contribution in [0.15, 0.2) is 47.4 Å². The lowest BCUT2D eigenvalue weighted by atomic mass is 10.1. The van der Waals surface area contributed by atoms with E-state index in [9.17, 15) is 4.79 Å². The molecule has 0 fully saturated rings. The molecule has 0 aromatic heterocycles. The highest BCUT2D eigenvalue weighted by atomic mass is 35.5. The first-order valence-corrected chi connectivity index (χ1v) is 9.11. The van der Waals surface area contributed by atoms with Gasteiger partial charge in [-0.2, -0.15) is 0 Å². The van der Waals surface area contributed by atoms with E-state index in [1.54, 1.807) is 0 Å². The van der Waals surface area contributed by atoms with Crippen LogP contribution in [0.1, 0.15) is 18.1 Å². The van der Waals surface area contributed by atoms with Crippen LogP contribution < -0.4 is 10.1 Å². The number of ether oxygens (including phenoxy) is 1. The maximum atomic E-state index is 12.1. The minimum absolute atomic E-state index is 0.00126. The summed E-state index contributed by atoms with van der Waals surface area (Å²) in [7, 11) is 0. The average Bonchev–Trinajstić information content (AvgIpc) is 2.56. The summed E-state index contributed by atoms with van der Waals surface area (Å²) in [5, 5.41) is 3.42. The van der Waals surface area contributed by atoms with Crippen molar-refractivity contribution in [2.45, 2.75) is 30.9 Å². The van der Waals surface area contributed by atoms with Crippen molar-refractivity contribution in [1.82, 2.24) is 5.32 Å². The number of hydrogen-bond acceptors (Lipinski definition) is 3. The largest absolute Gasteiger partial charge is 0.492 e. The molecule has 0 spiro atoms. The van der Waals surface area contributed by atoms with Gasteiger partial charge in [0.05, 0.1) is 11.8 Å². The molecule has 128 valence electrons. The van der Waals surface area contributed by atoms with Crippen LogP contribution in [0.3, 0.4) is 0 Å². The Morgan fingerprint density at radius 3 is 2.54 bits per heavy atom. The molecule has 0 saturated carbocycles. The van der Waals surface area contributed by atoms with Crippen molar-refractivity contribution in [2.75, 3.05) is 13.2 Å². The number of thioether (sulfide) groups is 1. The maximum absolute atomic E-state index is 12.1. The number of carbonyl (C=O) groups is 1. The summed E-state index contributed by atoms with van der Waals surface area (Å²) in [5.41, 5.74) is 2.44. The van der Waals surface area contributed by atoms with E-state index in [2.05, 4.69) is 19.2 Å². The molecular weight excluding hydrogens is 342 g/mol. The third-order valence-corrected chi connectivity index (χ3v) is 5.01. The number of halogens is 1. The lowest BCUT2D eigenvalue weighted by molar-refractivity contribution is -0.120. The Hall–Kier alpha value is -1.65. The van der Waals surface area contributed by atoms with E-state index < -0.39 is 0 Å². The fourth-order valence-corrected chi connectivity index (χ4v) is 3.08. The smallest absolute Gasteiger partial charge is 0.233 e. The summed E-state index contributed by atoms with van der Waals surface area (Å²) >= 11 is 7.37. The minimum Gasteiger partial charge on any atom is -0.492 e.